The minimum Gasteiger partial charge on any atom is -0.464 e. The zero-order valence-electron chi connectivity index (χ0n) is 17.3. The van der Waals surface area contributed by atoms with Crippen molar-refractivity contribution in [3.8, 4) is 0 Å². The van der Waals surface area contributed by atoms with Gasteiger partial charge in [-0.3, -0.25) is 4.31 Å². The van der Waals surface area contributed by atoms with E-state index in [1.54, 1.807) is 0 Å². The van der Waals surface area contributed by atoms with Gasteiger partial charge in [-0.05, 0) is 6.92 Å². The molecule has 0 unspecified atom stereocenters. The monoisotopic (exact) mass is 611 g/mol. The van der Waals surface area contributed by atoms with Gasteiger partial charge < -0.3 is 4.74 Å². The van der Waals surface area contributed by atoms with Crippen molar-refractivity contribution in [2.24, 2.45) is 0 Å². The van der Waals surface area contributed by atoms with Crippen LogP contribution in [-0.2, 0) is 19.6 Å². The Morgan fingerprint density at radius 3 is 1.24 bits per heavy atom. The van der Waals surface area contributed by atoms with E-state index in [1.807, 2.05) is 0 Å². The van der Waals surface area contributed by atoms with Gasteiger partial charge in [-0.2, -0.15) is 83.1 Å². The number of alkyl halides is 17. The lowest BCUT2D eigenvalue weighted by Crippen LogP contribution is -2.75. The fraction of sp³-hybridized carbons (Fsp3) is 0.786. The van der Waals surface area contributed by atoms with Gasteiger partial charge >= 0.3 is 63.0 Å². The van der Waals surface area contributed by atoms with Gasteiger partial charge in [-0.25, -0.2) is 4.79 Å². The molecule has 0 aliphatic heterocycles. The Kier molecular flexibility index (Phi) is 8.65. The van der Waals surface area contributed by atoms with Gasteiger partial charge in [0.15, 0.2) is 0 Å². The summed E-state index contributed by atoms with van der Waals surface area (Å²) in [5.74, 6) is -54.3. The van der Waals surface area contributed by atoms with Gasteiger partial charge in [0.1, 0.15) is 5.70 Å². The lowest BCUT2D eigenvalue weighted by atomic mass is 9.91. The molecule has 0 saturated carbocycles. The number of hydrogen-bond acceptors (Lipinski definition) is 4. The van der Waals surface area contributed by atoms with Crippen molar-refractivity contribution in [3.63, 3.8) is 0 Å². The summed E-state index contributed by atoms with van der Waals surface area (Å²) in [6, 6.07) is 0. The predicted molar refractivity (Wildman–Crippen MR) is 83.1 cm³/mol. The molecule has 37 heavy (non-hydrogen) atoms. The summed E-state index contributed by atoms with van der Waals surface area (Å²) in [7, 11) is -7.28. The highest BCUT2D eigenvalue weighted by molar-refractivity contribution is 7.90. The van der Waals surface area contributed by atoms with Gasteiger partial charge in [0.2, 0.25) is 0 Å². The zero-order chi connectivity index (χ0) is 30.6. The molecule has 0 N–H and O–H groups in total. The van der Waals surface area contributed by atoms with Crippen LogP contribution in [0.1, 0.15) is 6.92 Å². The number of hydrogen-bond donors (Lipinski definition) is 0. The molecular weight excluding hydrogens is 601 g/mol. The number of carbonyl (C=O) groups excluding carboxylic acids is 1. The molecule has 0 rings (SSSR count). The summed E-state index contributed by atoms with van der Waals surface area (Å²) < 4.78 is 252. The van der Waals surface area contributed by atoms with E-state index in [-0.39, 0.29) is 0 Å². The molecule has 0 atom stereocenters. The molecule has 23 heteroatoms. The van der Waals surface area contributed by atoms with E-state index in [0.717, 1.165) is 0 Å². The first kappa shape index (κ1) is 34.8. The van der Waals surface area contributed by atoms with Crippen LogP contribution in [0.2, 0.25) is 0 Å². The molecule has 0 aliphatic carbocycles. The Labute approximate surface area is 193 Å². The van der Waals surface area contributed by atoms with Crippen LogP contribution in [0.5, 0.6) is 0 Å². The van der Waals surface area contributed by atoms with Crippen molar-refractivity contribution in [1.29, 1.82) is 0 Å². The van der Waals surface area contributed by atoms with Gasteiger partial charge in [0.25, 0.3) is 0 Å². The molecule has 0 aromatic heterocycles. The quantitative estimate of drug-likeness (QED) is 0.181. The van der Waals surface area contributed by atoms with Gasteiger partial charge in [0, 0.05) is 6.54 Å². The molecule has 0 saturated heterocycles. The number of nitrogens with zero attached hydrogens (tertiary/aromatic N) is 1. The number of methoxy groups -OCH3 is 1. The molecule has 0 aromatic carbocycles. The maximum Gasteiger partial charge on any atom is 0.460 e. The molecule has 0 aliphatic rings. The van der Waals surface area contributed by atoms with Crippen LogP contribution in [0, 0.1) is 0 Å². The van der Waals surface area contributed by atoms with Crippen molar-refractivity contribution in [2.75, 3.05) is 13.7 Å². The molecule has 0 amide bonds. The smallest absolute Gasteiger partial charge is 0.460 e. The van der Waals surface area contributed by atoms with Crippen LogP contribution in [-0.4, -0.2) is 79.3 Å². The second-order valence-corrected chi connectivity index (χ2v) is 8.47. The Hall–Kier alpha value is -2.23. The molecule has 0 fully saturated rings. The fourth-order valence-electron chi connectivity index (χ4n) is 2.18. The van der Waals surface area contributed by atoms with Crippen molar-refractivity contribution < 1.29 is 92.6 Å². The van der Waals surface area contributed by atoms with E-state index in [2.05, 4.69) is 11.3 Å². The molecule has 0 aromatic rings. The average Bonchev–Trinajstić information content (AvgIpc) is 2.71. The van der Waals surface area contributed by atoms with Crippen LogP contribution in [0.3, 0.4) is 0 Å². The molecule has 0 spiro atoms. The largest absolute Gasteiger partial charge is 0.464 e. The second kappa shape index (κ2) is 9.20. The number of ether oxygens (including phenoxy) is 1. The first-order valence-electron chi connectivity index (χ1n) is 8.35. The number of likely N-dealkylation sites (N-methyl/N-ethyl adjacent to an activating group) is 1. The van der Waals surface area contributed by atoms with E-state index in [9.17, 15) is 87.8 Å². The maximum atomic E-state index is 14.1. The van der Waals surface area contributed by atoms with Crippen LogP contribution >= 0.6 is 0 Å². The fourth-order valence-corrected chi connectivity index (χ4v) is 3.61. The summed E-state index contributed by atoms with van der Waals surface area (Å²) in [4.78, 5) is 11.2. The molecule has 0 bridgehead atoms. The lowest BCUT2D eigenvalue weighted by Gasteiger charge is -2.43. The molecule has 5 nitrogen and oxygen atoms in total. The first-order chi connectivity index (χ1) is 15.8. The Balaban J connectivity index is 7.16. The average molecular weight is 611 g/mol. The first-order valence-corrected chi connectivity index (χ1v) is 9.79. The third kappa shape index (κ3) is 4.42. The van der Waals surface area contributed by atoms with Crippen LogP contribution in [0.25, 0.3) is 0 Å². The topological polar surface area (TPSA) is 63.7 Å². The SMILES string of the molecule is C=C(C(=O)OC)N(CC)S(=O)(=O)C(F)(F)C(F)(F)C(F)(F)C(F)(F)C(F)(F)C(F)(F)C(F)(F)C(F)(F)F. The third-order valence-electron chi connectivity index (χ3n) is 4.32. The minimum atomic E-state index is -8.95. The summed E-state index contributed by atoms with van der Waals surface area (Å²) in [6.07, 6.45) is -7.92. The second-order valence-electron chi connectivity index (χ2n) is 6.57. The summed E-state index contributed by atoms with van der Waals surface area (Å²) in [5.41, 5.74) is -1.91. The highest BCUT2D eigenvalue weighted by atomic mass is 32.2. The minimum absolute atomic E-state index is 0.383. The van der Waals surface area contributed by atoms with Crippen molar-refractivity contribution in [1.82, 2.24) is 4.31 Å². The van der Waals surface area contributed by atoms with Crippen molar-refractivity contribution in [2.45, 2.75) is 53.9 Å². The number of sulfonamides is 1. The van der Waals surface area contributed by atoms with Gasteiger partial charge in [-0.15, -0.1) is 0 Å². The van der Waals surface area contributed by atoms with Crippen LogP contribution in [0.4, 0.5) is 74.6 Å². The van der Waals surface area contributed by atoms with Crippen LogP contribution in [0.15, 0.2) is 12.3 Å². The highest BCUT2D eigenvalue weighted by Crippen LogP contribution is 2.64. The molecule has 220 valence electrons. The van der Waals surface area contributed by atoms with Crippen molar-refractivity contribution >= 4 is 16.0 Å². The Morgan fingerprint density at radius 2 is 0.973 bits per heavy atom. The number of rotatable bonds is 11. The van der Waals surface area contributed by atoms with Gasteiger partial charge in [0.05, 0.1) is 7.11 Å². The normalized spacial score (nSPS) is 15.4. The third-order valence-corrected chi connectivity index (χ3v) is 6.28. The van der Waals surface area contributed by atoms with E-state index in [0.29, 0.717) is 14.0 Å². The molecule has 0 radical (unpaired) electrons. The highest BCUT2D eigenvalue weighted by Gasteiger charge is 2.96. The van der Waals surface area contributed by atoms with E-state index < -0.39 is 79.5 Å². The summed E-state index contributed by atoms with van der Waals surface area (Å²) in [6.45, 7) is 1.19. The zero-order valence-corrected chi connectivity index (χ0v) is 18.1. The number of halogens is 17. The van der Waals surface area contributed by atoms with E-state index in [1.165, 1.54) is 0 Å². The molecular formula is C14H10F17NO4S. The number of carbonyl (C=O) groups is 1. The van der Waals surface area contributed by atoms with Gasteiger partial charge in [-0.1, -0.05) is 6.58 Å². The summed E-state index contributed by atoms with van der Waals surface area (Å²) in [5, 5.41) is -7.79. The van der Waals surface area contributed by atoms with E-state index in [4.69, 9.17) is 0 Å². The number of esters is 1. The Bertz CT molecular complexity index is 1000. The van der Waals surface area contributed by atoms with Crippen LogP contribution < -0.4 is 0 Å². The molecule has 0 heterocycles. The maximum absolute atomic E-state index is 14.1. The Morgan fingerprint density at radius 1 is 0.676 bits per heavy atom. The summed E-state index contributed by atoms with van der Waals surface area (Å²) >= 11 is 0. The predicted octanol–water partition coefficient (Wildman–Crippen LogP) is 5.29. The standard InChI is InChI=1S/C14H10F17NO4S/c1-4-32(5(2)6(33)36-3)37(34,35)14(30,31)12(25,26)10(21,22)8(17,18)7(15,16)9(19,20)11(23,24)13(27,28)29/h2,4H2,1,3H3. The van der Waals surface area contributed by atoms with E-state index >= 15 is 0 Å². The van der Waals surface area contributed by atoms with Crippen molar-refractivity contribution in [3.05, 3.63) is 12.3 Å². The lowest BCUT2D eigenvalue weighted by molar-refractivity contribution is -0.458.